The molecule has 1 fully saturated rings. The summed E-state index contributed by atoms with van der Waals surface area (Å²) in [5.41, 5.74) is -0.640. The number of aromatic nitrogens is 1. The molecular formula is C27H23ClN4O2. The zero-order valence-corrected chi connectivity index (χ0v) is 19.6. The second kappa shape index (κ2) is 8.11. The minimum absolute atomic E-state index is 0.270. The van der Waals surface area contributed by atoms with E-state index in [1.807, 2.05) is 49.3 Å². The molecule has 5 atom stereocenters. The fourth-order valence-corrected chi connectivity index (χ4v) is 6.06. The maximum absolute atomic E-state index is 12.6. The summed E-state index contributed by atoms with van der Waals surface area (Å²) in [5, 5.41) is 32.8. The molecule has 0 saturated heterocycles. The Labute approximate surface area is 203 Å². The average Bonchev–Trinajstić information content (AvgIpc) is 3.20. The van der Waals surface area contributed by atoms with Crippen molar-refractivity contribution >= 4 is 11.6 Å². The first-order chi connectivity index (χ1) is 16.4. The van der Waals surface area contributed by atoms with Gasteiger partial charge in [0.1, 0.15) is 11.4 Å². The van der Waals surface area contributed by atoms with Gasteiger partial charge in [0.2, 0.25) is 0 Å². The van der Waals surface area contributed by atoms with E-state index in [1.54, 1.807) is 30.3 Å². The quantitative estimate of drug-likeness (QED) is 0.614. The van der Waals surface area contributed by atoms with Crippen molar-refractivity contribution < 1.29 is 9.84 Å². The van der Waals surface area contributed by atoms with Crippen LogP contribution in [0.5, 0.6) is 5.75 Å². The zero-order chi connectivity index (χ0) is 24.1. The fourth-order valence-electron chi connectivity index (χ4n) is 5.91. The van der Waals surface area contributed by atoms with Gasteiger partial charge >= 0.3 is 0 Å². The van der Waals surface area contributed by atoms with Gasteiger partial charge in [-0.15, -0.1) is 0 Å². The summed E-state index contributed by atoms with van der Waals surface area (Å²) >= 11 is 6.25. The summed E-state index contributed by atoms with van der Waals surface area (Å²) < 4.78 is 6.72. The molecule has 2 aliphatic rings. The lowest BCUT2D eigenvalue weighted by molar-refractivity contribution is -0.120. The number of pyridine rings is 1. The van der Waals surface area contributed by atoms with E-state index in [4.69, 9.17) is 16.3 Å². The van der Waals surface area contributed by atoms with Crippen LogP contribution in [-0.4, -0.2) is 35.6 Å². The monoisotopic (exact) mass is 470 g/mol. The van der Waals surface area contributed by atoms with Crippen LogP contribution in [-0.2, 0) is 11.2 Å². The van der Waals surface area contributed by atoms with Crippen molar-refractivity contribution in [2.45, 2.75) is 17.1 Å². The molecule has 6 nitrogen and oxygen atoms in total. The number of nitriles is 2. The second-order valence-corrected chi connectivity index (χ2v) is 9.65. The Hall–Kier alpha value is -3.42. The third-order valence-electron chi connectivity index (χ3n) is 7.08. The molecule has 1 aromatic heterocycles. The topological polar surface area (TPSA) is 93.2 Å². The van der Waals surface area contributed by atoms with E-state index in [2.05, 4.69) is 17.1 Å². The maximum Gasteiger partial charge on any atom is 0.177 e. The van der Waals surface area contributed by atoms with Gasteiger partial charge in [0.15, 0.2) is 11.2 Å². The van der Waals surface area contributed by atoms with Crippen molar-refractivity contribution in [2.24, 2.45) is 11.8 Å². The molecule has 2 aromatic carbocycles. The van der Waals surface area contributed by atoms with Crippen molar-refractivity contribution in [3.8, 4) is 17.9 Å². The fraction of sp³-hybridized carbons (Fsp3) is 0.296. The second-order valence-electron chi connectivity index (χ2n) is 9.21. The summed E-state index contributed by atoms with van der Waals surface area (Å²) in [6.45, 7) is 0.560. The molecule has 2 heterocycles. The molecule has 1 unspecified atom stereocenters. The zero-order valence-electron chi connectivity index (χ0n) is 18.8. The molecule has 0 radical (unpaired) electrons. The Morgan fingerprint density at radius 1 is 1.12 bits per heavy atom. The molecular weight excluding hydrogens is 448 g/mol. The number of hydrogen-bond donors (Lipinski definition) is 1. The van der Waals surface area contributed by atoms with Gasteiger partial charge in [0.05, 0.1) is 28.6 Å². The number of rotatable bonds is 4. The maximum atomic E-state index is 12.6. The highest BCUT2D eigenvalue weighted by Gasteiger charge is 2.77. The van der Waals surface area contributed by atoms with E-state index >= 15 is 0 Å². The first-order valence-electron chi connectivity index (χ1n) is 11.0. The van der Waals surface area contributed by atoms with E-state index < -0.39 is 17.1 Å². The number of benzene rings is 2. The van der Waals surface area contributed by atoms with E-state index in [0.29, 0.717) is 34.1 Å². The van der Waals surface area contributed by atoms with Crippen LogP contribution in [0.2, 0.25) is 5.02 Å². The van der Waals surface area contributed by atoms with Crippen LogP contribution in [0.4, 0.5) is 0 Å². The van der Waals surface area contributed by atoms with E-state index in [0.717, 1.165) is 5.56 Å². The summed E-state index contributed by atoms with van der Waals surface area (Å²) in [6.07, 6.45) is 1.47. The Balaban J connectivity index is 1.86. The third-order valence-corrected chi connectivity index (χ3v) is 7.29. The van der Waals surface area contributed by atoms with Gasteiger partial charge in [-0.1, -0.05) is 54.1 Å². The van der Waals surface area contributed by atoms with Gasteiger partial charge < -0.3 is 14.7 Å². The lowest BCUT2D eigenvalue weighted by Crippen LogP contribution is -2.50. The standard InChI is InChI=1S/C27H23ClN4O2/c1-32(2)16-21-22(14-30)26(33)25-23(12-20(28)15-31-25)34-27(26,19-10-8-17(13-29)9-11-19)24(21)18-6-4-3-5-7-18/h3-12,15,21-22,24,33H,16H2,1-2H3/t21-,22+,24+,26+,27?/m0/s1. The van der Waals surface area contributed by atoms with Gasteiger partial charge in [-0.05, 0) is 37.4 Å². The van der Waals surface area contributed by atoms with Crippen LogP contribution in [0.3, 0.4) is 0 Å². The number of fused-ring (bicyclic) bond motifs is 3. The average molecular weight is 471 g/mol. The molecule has 1 aliphatic carbocycles. The minimum Gasteiger partial charge on any atom is -0.476 e. The van der Waals surface area contributed by atoms with Crippen LogP contribution in [0.1, 0.15) is 28.3 Å². The smallest absolute Gasteiger partial charge is 0.177 e. The summed E-state index contributed by atoms with van der Waals surface area (Å²) in [6, 6.07) is 23.1. The van der Waals surface area contributed by atoms with Gasteiger partial charge in [0, 0.05) is 30.6 Å². The number of ether oxygens (including phenoxy) is 1. The molecule has 3 aromatic rings. The molecule has 7 heteroatoms. The Morgan fingerprint density at radius 3 is 2.44 bits per heavy atom. The molecule has 0 bridgehead atoms. The largest absolute Gasteiger partial charge is 0.476 e. The molecule has 5 rings (SSSR count). The predicted molar refractivity (Wildman–Crippen MR) is 127 cm³/mol. The Morgan fingerprint density at radius 2 is 1.82 bits per heavy atom. The molecule has 0 amide bonds. The predicted octanol–water partition coefficient (Wildman–Crippen LogP) is 4.20. The van der Waals surface area contributed by atoms with Crippen LogP contribution < -0.4 is 4.74 Å². The molecule has 170 valence electrons. The highest BCUT2D eigenvalue weighted by molar-refractivity contribution is 6.30. The van der Waals surface area contributed by atoms with Gasteiger partial charge in [-0.2, -0.15) is 10.5 Å². The third kappa shape index (κ3) is 2.97. The molecule has 1 aliphatic heterocycles. The summed E-state index contributed by atoms with van der Waals surface area (Å²) in [4.78, 5) is 6.52. The van der Waals surface area contributed by atoms with Crippen molar-refractivity contribution in [1.82, 2.24) is 9.88 Å². The Kier molecular flexibility index (Phi) is 5.34. The first-order valence-corrected chi connectivity index (χ1v) is 11.4. The number of halogens is 1. The number of hydrogen-bond acceptors (Lipinski definition) is 6. The van der Waals surface area contributed by atoms with Crippen molar-refractivity contribution in [3.05, 3.63) is 94.3 Å². The normalized spacial score (nSPS) is 29.1. The lowest BCUT2D eigenvalue weighted by Gasteiger charge is -2.40. The van der Waals surface area contributed by atoms with E-state index in [-0.39, 0.29) is 11.8 Å². The summed E-state index contributed by atoms with van der Waals surface area (Å²) in [7, 11) is 3.91. The molecule has 1 saturated carbocycles. The number of aliphatic hydroxyl groups is 1. The van der Waals surface area contributed by atoms with E-state index in [1.165, 1.54) is 6.20 Å². The highest BCUT2D eigenvalue weighted by Crippen LogP contribution is 2.70. The number of nitrogens with zero attached hydrogens (tertiary/aromatic N) is 4. The highest BCUT2D eigenvalue weighted by atomic mass is 35.5. The van der Waals surface area contributed by atoms with Gasteiger partial charge in [0.25, 0.3) is 0 Å². The molecule has 34 heavy (non-hydrogen) atoms. The lowest BCUT2D eigenvalue weighted by atomic mass is 9.71. The van der Waals surface area contributed by atoms with Gasteiger partial charge in [-0.25, -0.2) is 0 Å². The summed E-state index contributed by atoms with van der Waals surface area (Å²) in [5.74, 6) is -1.10. The van der Waals surface area contributed by atoms with Crippen molar-refractivity contribution in [1.29, 1.82) is 10.5 Å². The van der Waals surface area contributed by atoms with E-state index in [9.17, 15) is 15.6 Å². The SMILES string of the molecule is CN(C)C[C@@H]1[C@@H](c2ccccc2)C2(c3ccc(C#N)cc3)Oc3cc(Cl)cnc3[C@]2(O)[C@@H]1C#N. The van der Waals surface area contributed by atoms with Crippen LogP contribution in [0.15, 0.2) is 66.9 Å². The van der Waals surface area contributed by atoms with Gasteiger partial charge in [-0.3, -0.25) is 4.98 Å². The first kappa shape index (κ1) is 22.4. The van der Waals surface area contributed by atoms with Crippen LogP contribution in [0, 0.1) is 34.5 Å². The van der Waals surface area contributed by atoms with Crippen molar-refractivity contribution in [2.75, 3.05) is 20.6 Å². The Bertz CT molecular complexity index is 1320. The van der Waals surface area contributed by atoms with Crippen LogP contribution >= 0.6 is 11.6 Å². The molecule has 1 N–H and O–H groups in total. The minimum atomic E-state index is -1.74. The van der Waals surface area contributed by atoms with Crippen LogP contribution in [0.25, 0.3) is 0 Å². The van der Waals surface area contributed by atoms with Crippen molar-refractivity contribution in [3.63, 3.8) is 0 Å². The molecule has 0 spiro atoms.